The second-order valence-corrected chi connectivity index (χ2v) is 9.98. The number of aryl methyl sites for hydroxylation is 2. The molecule has 4 aromatic rings. The highest BCUT2D eigenvalue weighted by atomic mass is 35.5. The Morgan fingerprint density at radius 2 is 1.81 bits per heavy atom. The molecule has 0 unspecified atom stereocenters. The Bertz CT molecular complexity index is 1620. The number of pyridine rings is 3. The van der Waals surface area contributed by atoms with Crippen molar-refractivity contribution < 1.29 is 14.2 Å². The summed E-state index contributed by atoms with van der Waals surface area (Å²) in [6, 6.07) is 10.4. The van der Waals surface area contributed by atoms with Crippen molar-refractivity contribution in [3.05, 3.63) is 114 Å². The van der Waals surface area contributed by atoms with Gasteiger partial charge in [-0.3, -0.25) is 18.7 Å². The molecule has 1 aromatic carbocycles. The van der Waals surface area contributed by atoms with Gasteiger partial charge in [0.15, 0.2) is 0 Å². The first kappa shape index (κ1) is 26.6. The highest BCUT2D eigenvalue weighted by Gasteiger charge is 2.25. The molecule has 0 aliphatic carbocycles. The third-order valence-electron chi connectivity index (χ3n) is 5.80. The zero-order valence-electron chi connectivity index (χ0n) is 20.6. The van der Waals surface area contributed by atoms with Crippen LogP contribution in [0.15, 0.2) is 64.4 Å². The van der Waals surface area contributed by atoms with Crippen molar-refractivity contribution in [1.82, 2.24) is 14.1 Å². The van der Waals surface area contributed by atoms with Crippen molar-refractivity contribution >= 4 is 23.2 Å². The number of aliphatic hydroxyl groups is 1. The highest BCUT2D eigenvalue weighted by molar-refractivity contribution is 6.31. The minimum atomic E-state index is -1.47. The van der Waals surface area contributed by atoms with E-state index in [0.717, 1.165) is 0 Å². The van der Waals surface area contributed by atoms with Crippen molar-refractivity contribution in [1.29, 1.82) is 0 Å². The number of rotatable bonds is 6. The number of hydrogen-bond donors (Lipinski definition) is 1. The van der Waals surface area contributed by atoms with Crippen molar-refractivity contribution in [2.24, 2.45) is 0 Å². The number of nitrogens with zero attached hydrogens (tertiary/aromatic N) is 3. The fraction of sp³-hybridized carbons (Fsp3) is 0.222. The molecule has 1 N–H and O–H groups in total. The Labute approximate surface area is 222 Å². The smallest absolute Gasteiger partial charge is 0.263 e. The summed E-state index contributed by atoms with van der Waals surface area (Å²) in [6.07, 6.45) is 3.01. The van der Waals surface area contributed by atoms with Gasteiger partial charge in [-0.1, -0.05) is 29.3 Å². The first-order valence-corrected chi connectivity index (χ1v) is 12.0. The summed E-state index contributed by atoms with van der Waals surface area (Å²) >= 11 is 12.0. The van der Waals surface area contributed by atoms with Gasteiger partial charge in [0.2, 0.25) is 0 Å². The van der Waals surface area contributed by atoms with Gasteiger partial charge in [0.1, 0.15) is 24.0 Å². The Morgan fingerprint density at radius 1 is 1.08 bits per heavy atom. The van der Waals surface area contributed by atoms with Gasteiger partial charge in [-0.15, -0.1) is 0 Å². The molecular formula is C27H24Cl2FN3O4. The molecule has 0 radical (unpaired) electrons. The van der Waals surface area contributed by atoms with Gasteiger partial charge < -0.3 is 9.84 Å². The maximum absolute atomic E-state index is 14.1. The monoisotopic (exact) mass is 543 g/mol. The van der Waals surface area contributed by atoms with Crippen molar-refractivity contribution in [3.8, 4) is 17.3 Å². The van der Waals surface area contributed by atoms with Gasteiger partial charge in [0.25, 0.3) is 11.1 Å². The molecule has 0 amide bonds. The molecule has 0 atom stereocenters. The first-order valence-electron chi connectivity index (χ1n) is 11.3. The molecule has 0 aliphatic rings. The predicted molar refractivity (Wildman–Crippen MR) is 141 cm³/mol. The molecule has 3 aromatic heterocycles. The Morgan fingerprint density at radius 3 is 2.46 bits per heavy atom. The molecule has 0 saturated carbocycles. The van der Waals surface area contributed by atoms with Crippen LogP contribution in [0.25, 0.3) is 11.5 Å². The zero-order chi connectivity index (χ0) is 27.1. The van der Waals surface area contributed by atoms with Crippen molar-refractivity contribution in [3.63, 3.8) is 0 Å². The molecule has 3 heterocycles. The lowest BCUT2D eigenvalue weighted by Crippen LogP contribution is -2.32. The largest absolute Gasteiger partial charge is 0.489 e. The molecule has 10 heteroatoms. The summed E-state index contributed by atoms with van der Waals surface area (Å²) < 4.78 is 22.5. The number of aromatic nitrogens is 3. The summed E-state index contributed by atoms with van der Waals surface area (Å²) in [5.74, 6) is 0.0315. The van der Waals surface area contributed by atoms with Crippen LogP contribution in [-0.4, -0.2) is 19.2 Å². The first-order chi connectivity index (χ1) is 17.4. The zero-order valence-corrected chi connectivity index (χ0v) is 22.1. The van der Waals surface area contributed by atoms with Crippen LogP contribution in [0.1, 0.15) is 36.2 Å². The van der Waals surface area contributed by atoms with Crippen LogP contribution < -0.4 is 15.9 Å². The third-order valence-corrected chi connectivity index (χ3v) is 6.35. The topological polar surface area (TPSA) is 86.3 Å². The molecule has 37 heavy (non-hydrogen) atoms. The standard InChI is InChI=1S/C27H24Cl2FN3O4/c1-15-13-31-23(32-8-7-20(29)25(26(32)35)27(3,4)36)12-22(15)33-16(2)9-19(11-24(33)34)37-14-17-5-6-18(28)10-21(17)30/h5-13,36H,14H2,1-4H3. The average Bonchev–Trinajstić information content (AvgIpc) is 2.79. The maximum atomic E-state index is 14.1. The predicted octanol–water partition coefficient (Wildman–Crippen LogP) is 5.25. The van der Waals surface area contributed by atoms with Crippen molar-refractivity contribution in [2.75, 3.05) is 0 Å². The molecular weight excluding hydrogens is 520 g/mol. The summed E-state index contributed by atoms with van der Waals surface area (Å²) in [5, 5.41) is 10.9. The molecule has 0 aliphatic heterocycles. The Kier molecular flexibility index (Phi) is 7.28. The normalized spacial score (nSPS) is 11.6. The van der Waals surface area contributed by atoms with E-state index in [2.05, 4.69) is 4.98 Å². The van der Waals surface area contributed by atoms with Gasteiger partial charge in [-0.05, 0) is 51.5 Å². The van der Waals surface area contributed by atoms with Gasteiger partial charge in [-0.2, -0.15) is 0 Å². The minimum Gasteiger partial charge on any atom is -0.489 e. The van der Waals surface area contributed by atoms with Gasteiger partial charge in [0, 0.05) is 46.9 Å². The molecule has 192 valence electrons. The number of halogens is 3. The molecule has 7 nitrogen and oxygen atoms in total. The number of hydrogen-bond acceptors (Lipinski definition) is 5. The minimum absolute atomic E-state index is 0.0348. The van der Waals surface area contributed by atoms with Crippen LogP contribution in [0.4, 0.5) is 4.39 Å². The summed E-state index contributed by atoms with van der Waals surface area (Å²) in [7, 11) is 0. The van der Waals surface area contributed by atoms with Crippen LogP contribution in [-0.2, 0) is 12.2 Å². The van der Waals surface area contributed by atoms with Crippen LogP contribution in [0, 0.1) is 19.7 Å². The van der Waals surface area contributed by atoms with E-state index in [9.17, 15) is 19.1 Å². The summed E-state index contributed by atoms with van der Waals surface area (Å²) in [4.78, 5) is 30.6. The van der Waals surface area contributed by atoms with E-state index in [4.69, 9.17) is 27.9 Å². The van der Waals surface area contributed by atoms with E-state index in [1.807, 2.05) is 0 Å². The van der Waals surface area contributed by atoms with Gasteiger partial charge in [0.05, 0.1) is 21.9 Å². The lowest BCUT2D eigenvalue weighted by molar-refractivity contribution is 0.0769. The SMILES string of the molecule is Cc1cnc(-n2ccc(Cl)c(C(C)(C)O)c2=O)cc1-n1c(C)cc(OCc2ccc(Cl)cc2F)cc1=O. The third kappa shape index (κ3) is 5.46. The van der Waals surface area contributed by atoms with E-state index in [1.54, 1.807) is 38.2 Å². The Balaban J connectivity index is 1.72. The van der Waals surface area contributed by atoms with E-state index in [1.165, 1.54) is 53.4 Å². The van der Waals surface area contributed by atoms with Gasteiger partial charge >= 0.3 is 0 Å². The van der Waals surface area contributed by atoms with E-state index in [-0.39, 0.29) is 39.3 Å². The van der Waals surface area contributed by atoms with Crippen LogP contribution in [0.2, 0.25) is 10.0 Å². The van der Waals surface area contributed by atoms with Crippen molar-refractivity contribution in [2.45, 2.75) is 39.9 Å². The summed E-state index contributed by atoms with van der Waals surface area (Å²) in [6.45, 7) is 6.40. The molecule has 0 saturated heterocycles. The maximum Gasteiger partial charge on any atom is 0.263 e. The molecule has 4 rings (SSSR count). The fourth-order valence-electron chi connectivity index (χ4n) is 3.99. The van der Waals surface area contributed by atoms with E-state index in [0.29, 0.717) is 22.5 Å². The van der Waals surface area contributed by atoms with E-state index >= 15 is 0 Å². The van der Waals surface area contributed by atoms with Crippen LogP contribution in [0.5, 0.6) is 5.75 Å². The quantitative estimate of drug-likeness (QED) is 0.358. The second-order valence-electron chi connectivity index (χ2n) is 9.13. The van der Waals surface area contributed by atoms with Crippen LogP contribution in [0.3, 0.4) is 0 Å². The number of benzene rings is 1. The highest BCUT2D eigenvalue weighted by Crippen LogP contribution is 2.25. The molecule has 0 fully saturated rings. The number of ether oxygens (including phenoxy) is 1. The fourth-order valence-corrected chi connectivity index (χ4v) is 4.51. The lowest BCUT2D eigenvalue weighted by Gasteiger charge is -2.20. The second kappa shape index (κ2) is 10.1. The summed E-state index contributed by atoms with van der Waals surface area (Å²) in [5.41, 5.74) is -0.280. The van der Waals surface area contributed by atoms with Crippen LogP contribution >= 0.6 is 23.2 Å². The molecule has 0 bridgehead atoms. The average molecular weight is 544 g/mol. The molecule has 0 spiro atoms. The lowest BCUT2D eigenvalue weighted by atomic mass is 10.00. The van der Waals surface area contributed by atoms with E-state index < -0.39 is 17.0 Å². The van der Waals surface area contributed by atoms with Gasteiger partial charge in [-0.25, -0.2) is 9.37 Å². The Hall–Kier alpha value is -3.46.